The molecular weight excluding hydrogens is 282 g/mol. The van der Waals surface area contributed by atoms with Crippen LogP contribution in [0.25, 0.3) is 0 Å². The summed E-state index contributed by atoms with van der Waals surface area (Å²) >= 11 is 4.99. The molecule has 0 aliphatic rings. The van der Waals surface area contributed by atoms with Crippen molar-refractivity contribution in [3.63, 3.8) is 0 Å². The van der Waals surface area contributed by atoms with Crippen molar-refractivity contribution < 1.29 is 20.0 Å². The first kappa shape index (κ1) is 13.9. The Labute approximate surface area is 118 Å². The van der Waals surface area contributed by atoms with Crippen molar-refractivity contribution in [1.29, 1.82) is 0 Å². The Kier molecular flexibility index (Phi) is 4.12. The molecule has 2 aromatic carbocycles. The monoisotopic (exact) mass is 296 g/mol. The standard InChI is InChI=1S/C14H15ClNO2S/c1-11-6-8-13(9-7-11)19(17,18)16-14-5-3-2-4-12(14)10-15/h2-9,15-16H,10H2,1H3/q+1. The number of hydrogen-bond acceptors (Lipinski definition) is 2. The first-order valence-corrected chi connectivity index (χ1v) is 7.84. The second kappa shape index (κ2) is 5.63. The minimum absolute atomic E-state index is 0.247. The zero-order chi connectivity index (χ0) is 13.9. The minimum atomic E-state index is -3.56. The van der Waals surface area contributed by atoms with Crippen LogP contribution in [0.3, 0.4) is 0 Å². The van der Waals surface area contributed by atoms with Gasteiger partial charge in [0.1, 0.15) is 11.6 Å². The highest BCUT2D eigenvalue weighted by Gasteiger charge is 2.16. The third kappa shape index (κ3) is 3.28. The average Bonchev–Trinajstić information content (AvgIpc) is 2.39. The van der Waals surface area contributed by atoms with Crippen molar-refractivity contribution in [2.45, 2.75) is 17.7 Å². The number of para-hydroxylation sites is 1. The Morgan fingerprint density at radius 1 is 1.05 bits per heavy atom. The van der Waals surface area contributed by atoms with Crippen molar-refractivity contribution in [2.24, 2.45) is 0 Å². The molecular formula is C14H15ClNO2S+. The fraction of sp³-hybridized carbons (Fsp3) is 0.143. The molecule has 0 atom stereocenters. The fourth-order valence-electron chi connectivity index (χ4n) is 1.67. The van der Waals surface area contributed by atoms with Crippen LogP contribution in [0.15, 0.2) is 53.4 Å². The van der Waals surface area contributed by atoms with Crippen LogP contribution in [-0.2, 0) is 15.9 Å². The summed E-state index contributed by atoms with van der Waals surface area (Å²) in [5.41, 5.74) is 2.36. The maximum Gasteiger partial charge on any atom is 0.261 e. The highest BCUT2D eigenvalue weighted by molar-refractivity contribution is 7.92. The van der Waals surface area contributed by atoms with E-state index in [1.807, 2.05) is 19.1 Å². The summed E-state index contributed by atoms with van der Waals surface area (Å²) < 4.78 is 27.1. The van der Waals surface area contributed by atoms with E-state index in [4.69, 9.17) is 11.6 Å². The van der Waals surface area contributed by atoms with E-state index in [-0.39, 0.29) is 4.90 Å². The van der Waals surface area contributed by atoms with E-state index in [0.29, 0.717) is 11.6 Å². The van der Waals surface area contributed by atoms with Gasteiger partial charge < -0.3 is 0 Å². The molecule has 0 fully saturated rings. The maximum atomic E-state index is 12.2. The Hall–Kier alpha value is -1.52. The van der Waals surface area contributed by atoms with Crippen molar-refractivity contribution in [3.8, 4) is 0 Å². The molecule has 0 aromatic heterocycles. The van der Waals surface area contributed by atoms with E-state index in [9.17, 15) is 8.42 Å². The van der Waals surface area contributed by atoms with Gasteiger partial charge in [-0.05, 0) is 25.1 Å². The lowest BCUT2D eigenvalue weighted by molar-refractivity contribution is -0.386. The number of anilines is 1. The molecule has 3 nitrogen and oxygen atoms in total. The van der Waals surface area contributed by atoms with E-state index in [1.54, 1.807) is 36.4 Å². The van der Waals surface area contributed by atoms with Crippen LogP contribution in [-0.4, -0.2) is 8.42 Å². The van der Waals surface area contributed by atoms with Crippen LogP contribution >= 0.6 is 0 Å². The molecule has 19 heavy (non-hydrogen) atoms. The van der Waals surface area contributed by atoms with Crippen molar-refractivity contribution in [2.75, 3.05) is 4.72 Å². The molecule has 100 valence electrons. The summed E-state index contributed by atoms with van der Waals surface area (Å²) in [6.07, 6.45) is 0. The Balaban J connectivity index is 2.34. The number of nitrogens with one attached hydrogen (secondary N) is 1. The van der Waals surface area contributed by atoms with Gasteiger partial charge in [-0.15, -0.1) is 0 Å². The van der Waals surface area contributed by atoms with Gasteiger partial charge in [-0.2, -0.15) is 0 Å². The van der Waals surface area contributed by atoms with Crippen LogP contribution in [0.5, 0.6) is 0 Å². The van der Waals surface area contributed by atoms with Gasteiger partial charge in [-0.3, -0.25) is 4.72 Å². The quantitative estimate of drug-likeness (QED) is 0.882. The SMILES string of the molecule is Cc1ccc(S(=O)(=O)Nc2ccccc2C[ClH+])cc1. The van der Waals surface area contributed by atoms with E-state index >= 15 is 0 Å². The predicted molar refractivity (Wildman–Crippen MR) is 73.5 cm³/mol. The van der Waals surface area contributed by atoms with Gasteiger partial charge in [-0.25, -0.2) is 8.42 Å². The fourth-order valence-corrected chi connectivity index (χ4v) is 3.02. The first-order valence-electron chi connectivity index (χ1n) is 5.78. The molecule has 0 unspecified atom stereocenters. The molecule has 2 rings (SSSR count). The van der Waals surface area contributed by atoms with Crippen LogP contribution in [0, 0.1) is 18.5 Å². The van der Waals surface area contributed by atoms with Gasteiger partial charge in [0.05, 0.1) is 10.6 Å². The van der Waals surface area contributed by atoms with Gasteiger partial charge in [0, 0.05) is 5.56 Å². The second-order valence-corrected chi connectivity index (χ2v) is 6.19. The molecule has 0 aliphatic carbocycles. The molecule has 0 saturated heterocycles. The van der Waals surface area contributed by atoms with Crippen molar-refractivity contribution in [3.05, 3.63) is 59.7 Å². The Bertz CT molecular complexity index is 666. The van der Waals surface area contributed by atoms with Crippen LogP contribution < -0.4 is 4.72 Å². The molecule has 0 amide bonds. The number of hydrogen-bond donors (Lipinski definition) is 1. The predicted octanol–water partition coefficient (Wildman–Crippen LogP) is 2.58. The lowest BCUT2D eigenvalue weighted by atomic mass is 10.2. The zero-order valence-corrected chi connectivity index (χ0v) is 12.1. The molecule has 5 heteroatoms. The molecule has 0 saturated carbocycles. The largest absolute Gasteiger partial charge is 0.279 e. The topological polar surface area (TPSA) is 46.2 Å². The lowest BCUT2D eigenvalue weighted by Gasteiger charge is -2.10. The molecule has 0 radical (unpaired) electrons. The zero-order valence-electron chi connectivity index (χ0n) is 10.5. The van der Waals surface area contributed by atoms with Gasteiger partial charge in [-0.1, -0.05) is 35.9 Å². The summed E-state index contributed by atoms with van der Waals surface area (Å²) in [7, 11) is -3.56. The molecule has 1 N–H and O–H groups in total. The van der Waals surface area contributed by atoms with Gasteiger partial charge in [0.15, 0.2) is 5.88 Å². The average molecular weight is 297 g/mol. The molecule has 0 bridgehead atoms. The number of alkyl halides is 1. The summed E-state index contributed by atoms with van der Waals surface area (Å²) in [4.78, 5) is 0.247. The van der Waals surface area contributed by atoms with Crippen LogP contribution in [0.4, 0.5) is 5.69 Å². The molecule has 2 aromatic rings. The van der Waals surface area contributed by atoms with Gasteiger partial charge >= 0.3 is 0 Å². The van der Waals surface area contributed by atoms with Crippen molar-refractivity contribution >= 4 is 15.7 Å². The van der Waals surface area contributed by atoms with E-state index < -0.39 is 10.0 Å². The highest BCUT2D eigenvalue weighted by atomic mass is 35.5. The minimum Gasteiger partial charge on any atom is -0.279 e. The normalized spacial score (nSPS) is 11.3. The van der Waals surface area contributed by atoms with E-state index in [2.05, 4.69) is 4.72 Å². The summed E-state index contributed by atoms with van der Waals surface area (Å²) in [5.74, 6) is 0.368. The summed E-state index contributed by atoms with van der Waals surface area (Å²) in [6, 6.07) is 13.9. The number of sulfonamides is 1. The third-order valence-electron chi connectivity index (χ3n) is 2.75. The van der Waals surface area contributed by atoms with Gasteiger partial charge in [0.2, 0.25) is 0 Å². The molecule has 0 aliphatic heterocycles. The summed E-state index contributed by atoms with van der Waals surface area (Å²) in [5, 5.41) is 0. The lowest BCUT2D eigenvalue weighted by Crippen LogP contribution is -2.14. The first-order chi connectivity index (χ1) is 9.03. The number of aryl methyl sites for hydroxylation is 1. The number of benzene rings is 2. The summed E-state index contributed by atoms with van der Waals surface area (Å²) in [6.45, 7) is 1.91. The van der Waals surface area contributed by atoms with E-state index in [0.717, 1.165) is 11.1 Å². The van der Waals surface area contributed by atoms with Crippen LogP contribution in [0.1, 0.15) is 11.1 Å². The smallest absolute Gasteiger partial charge is 0.261 e. The highest BCUT2D eigenvalue weighted by Crippen LogP contribution is 2.20. The third-order valence-corrected chi connectivity index (χ3v) is 4.44. The Morgan fingerprint density at radius 3 is 2.32 bits per heavy atom. The Morgan fingerprint density at radius 2 is 1.68 bits per heavy atom. The van der Waals surface area contributed by atoms with Gasteiger partial charge in [0.25, 0.3) is 10.0 Å². The second-order valence-electron chi connectivity index (χ2n) is 4.22. The van der Waals surface area contributed by atoms with Crippen molar-refractivity contribution in [1.82, 2.24) is 0 Å². The van der Waals surface area contributed by atoms with Crippen LogP contribution in [0.2, 0.25) is 0 Å². The number of rotatable bonds is 4. The van der Waals surface area contributed by atoms with E-state index in [1.165, 1.54) is 0 Å². The number of halogens is 1. The molecule has 0 heterocycles. The molecule has 0 spiro atoms. The maximum absolute atomic E-state index is 12.2.